The Bertz CT molecular complexity index is 573. The summed E-state index contributed by atoms with van der Waals surface area (Å²) in [7, 11) is -3.84. The van der Waals surface area contributed by atoms with Crippen molar-refractivity contribution in [1.29, 1.82) is 0 Å². The third-order valence-electron chi connectivity index (χ3n) is 2.62. The monoisotopic (exact) mass is 307 g/mol. The number of hydrogen-bond acceptors (Lipinski definition) is 4. The van der Waals surface area contributed by atoms with E-state index in [-0.39, 0.29) is 28.8 Å². The van der Waals surface area contributed by atoms with E-state index < -0.39 is 10.0 Å². The summed E-state index contributed by atoms with van der Waals surface area (Å²) in [4.78, 5) is 11.7. The summed E-state index contributed by atoms with van der Waals surface area (Å²) in [5, 5.41) is 7.69. The van der Waals surface area contributed by atoms with E-state index in [0.717, 1.165) is 0 Å². The fourth-order valence-corrected chi connectivity index (χ4v) is 2.42. The number of hydrogen-bond donors (Lipinski definition) is 3. The molecular formula is C11H18ClN3O3S. The number of carbonyl (C=O) groups excluding carboxylic acids is 1. The molecule has 0 radical (unpaired) electrons. The Morgan fingerprint density at radius 1 is 1.32 bits per heavy atom. The maximum absolute atomic E-state index is 11.7. The van der Waals surface area contributed by atoms with Crippen LogP contribution in [0.4, 0.5) is 0 Å². The van der Waals surface area contributed by atoms with Crippen molar-refractivity contribution in [1.82, 2.24) is 5.32 Å². The maximum atomic E-state index is 11.7. The molecule has 0 fully saturated rings. The van der Waals surface area contributed by atoms with Crippen molar-refractivity contribution >= 4 is 28.3 Å². The van der Waals surface area contributed by atoms with E-state index in [1.807, 2.05) is 0 Å². The van der Waals surface area contributed by atoms with Gasteiger partial charge in [-0.25, -0.2) is 13.6 Å². The Morgan fingerprint density at radius 2 is 1.89 bits per heavy atom. The van der Waals surface area contributed by atoms with Crippen molar-refractivity contribution in [3.8, 4) is 0 Å². The molecule has 0 spiro atoms. The normalized spacial score (nSPS) is 10.7. The zero-order valence-corrected chi connectivity index (χ0v) is 12.4. The predicted molar refractivity (Wildman–Crippen MR) is 75.9 cm³/mol. The SMILES string of the molecule is Cc1cc(C(=O)NCCN)cc(S(N)(=O)=O)c1C.Cl. The fourth-order valence-electron chi connectivity index (χ4n) is 1.54. The van der Waals surface area contributed by atoms with Crippen LogP contribution in [0.2, 0.25) is 0 Å². The lowest BCUT2D eigenvalue weighted by Gasteiger charge is -2.10. The van der Waals surface area contributed by atoms with Crippen molar-refractivity contribution in [3.05, 3.63) is 28.8 Å². The average molecular weight is 308 g/mol. The summed E-state index contributed by atoms with van der Waals surface area (Å²) in [6.07, 6.45) is 0. The van der Waals surface area contributed by atoms with Gasteiger partial charge >= 0.3 is 0 Å². The largest absolute Gasteiger partial charge is 0.351 e. The second kappa shape index (κ2) is 6.85. The van der Waals surface area contributed by atoms with Crippen LogP contribution < -0.4 is 16.2 Å². The van der Waals surface area contributed by atoms with Gasteiger partial charge in [-0.2, -0.15) is 0 Å². The molecule has 1 rings (SSSR count). The second-order valence-corrected chi connectivity index (χ2v) is 5.54. The highest BCUT2D eigenvalue weighted by molar-refractivity contribution is 7.89. The molecular weight excluding hydrogens is 290 g/mol. The molecule has 0 saturated heterocycles. The lowest BCUT2D eigenvalue weighted by atomic mass is 10.1. The second-order valence-electron chi connectivity index (χ2n) is 4.01. The van der Waals surface area contributed by atoms with Crippen LogP contribution in [0.5, 0.6) is 0 Å². The number of carbonyl (C=O) groups is 1. The van der Waals surface area contributed by atoms with Gasteiger partial charge in [0.1, 0.15) is 0 Å². The smallest absolute Gasteiger partial charge is 0.251 e. The molecule has 19 heavy (non-hydrogen) atoms. The van der Waals surface area contributed by atoms with Gasteiger partial charge in [-0.1, -0.05) is 0 Å². The first kappa shape index (κ1) is 17.8. The highest BCUT2D eigenvalue weighted by atomic mass is 35.5. The van der Waals surface area contributed by atoms with Gasteiger partial charge in [-0.05, 0) is 37.1 Å². The first-order valence-corrected chi connectivity index (χ1v) is 6.94. The zero-order chi connectivity index (χ0) is 13.9. The van der Waals surface area contributed by atoms with Crippen molar-refractivity contribution in [2.24, 2.45) is 10.9 Å². The number of nitrogens with one attached hydrogen (secondary N) is 1. The Hall–Kier alpha value is -1.15. The molecule has 0 aliphatic rings. The molecule has 0 saturated carbocycles. The van der Waals surface area contributed by atoms with Crippen LogP contribution in [0.15, 0.2) is 17.0 Å². The predicted octanol–water partition coefficient (Wildman–Crippen LogP) is 0.0611. The minimum atomic E-state index is -3.84. The van der Waals surface area contributed by atoms with Crippen LogP contribution >= 0.6 is 12.4 Å². The minimum absolute atomic E-state index is 0. The van der Waals surface area contributed by atoms with E-state index in [0.29, 0.717) is 24.2 Å². The molecule has 0 bridgehead atoms. The minimum Gasteiger partial charge on any atom is -0.351 e. The molecule has 8 heteroatoms. The van der Waals surface area contributed by atoms with Crippen LogP contribution in [0.1, 0.15) is 21.5 Å². The summed E-state index contributed by atoms with van der Waals surface area (Å²) < 4.78 is 22.8. The number of aryl methyl sites for hydroxylation is 1. The number of amides is 1. The van der Waals surface area contributed by atoms with Gasteiger partial charge < -0.3 is 11.1 Å². The molecule has 0 aromatic heterocycles. The number of halogens is 1. The summed E-state index contributed by atoms with van der Waals surface area (Å²) in [6.45, 7) is 4.02. The molecule has 1 aromatic rings. The number of benzene rings is 1. The lowest BCUT2D eigenvalue weighted by molar-refractivity contribution is 0.0954. The van der Waals surface area contributed by atoms with Crippen molar-refractivity contribution < 1.29 is 13.2 Å². The number of primary sulfonamides is 1. The summed E-state index contributed by atoms with van der Waals surface area (Å²) in [5.41, 5.74) is 6.78. The van der Waals surface area contributed by atoms with E-state index in [1.54, 1.807) is 19.9 Å². The Morgan fingerprint density at radius 3 is 2.37 bits per heavy atom. The van der Waals surface area contributed by atoms with Gasteiger partial charge in [0.25, 0.3) is 5.91 Å². The van der Waals surface area contributed by atoms with Gasteiger partial charge in [0.2, 0.25) is 10.0 Å². The molecule has 5 N–H and O–H groups in total. The lowest BCUT2D eigenvalue weighted by Crippen LogP contribution is -2.29. The summed E-state index contributed by atoms with van der Waals surface area (Å²) in [5.74, 6) is -0.367. The van der Waals surface area contributed by atoms with E-state index >= 15 is 0 Å². The van der Waals surface area contributed by atoms with Crippen molar-refractivity contribution in [2.75, 3.05) is 13.1 Å². The molecule has 0 atom stereocenters. The standard InChI is InChI=1S/C11H17N3O3S.ClH/c1-7-5-9(11(15)14-4-3-12)6-10(8(7)2)18(13,16)17;/h5-6H,3-4,12H2,1-2H3,(H,14,15)(H2,13,16,17);1H. The quantitative estimate of drug-likeness (QED) is 0.729. The molecule has 0 unspecified atom stereocenters. The summed E-state index contributed by atoms with van der Waals surface area (Å²) >= 11 is 0. The number of nitrogens with two attached hydrogens (primary N) is 2. The van der Waals surface area contributed by atoms with Crippen LogP contribution in [-0.2, 0) is 10.0 Å². The first-order chi connectivity index (χ1) is 8.27. The molecule has 6 nitrogen and oxygen atoms in total. The molecule has 0 aliphatic heterocycles. The Balaban J connectivity index is 0.00000324. The van der Waals surface area contributed by atoms with Gasteiger partial charge in [0.15, 0.2) is 0 Å². The highest BCUT2D eigenvalue weighted by Crippen LogP contribution is 2.19. The van der Waals surface area contributed by atoms with Crippen molar-refractivity contribution in [2.45, 2.75) is 18.7 Å². The van der Waals surface area contributed by atoms with Crippen LogP contribution in [0.3, 0.4) is 0 Å². The average Bonchev–Trinajstić information content (AvgIpc) is 2.27. The number of rotatable bonds is 4. The van der Waals surface area contributed by atoms with E-state index in [9.17, 15) is 13.2 Å². The third kappa shape index (κ3) is 4.46. The number of sulfonamides is 1. The molecule has 1 aromatic carbocycles. The van der Waals surface area contributed by atoms with Gasteiger partial charge in [0, 0.05) is 18.7 Å². The zero-order valence-electron chi connectivity index (χ0n) is 10.8. The summed E-state index contributed by atoms with van der Waals surface area (Å²) in [6, 6.07) is 2.90. The first-order valence-electron chi connectivity index (χ1n) is 5.39. The van der Waals surface area contributed by atoms with Crippen LogP contribution in [0.25, 0.3) is 0 Å². The van der Waals surface area contributed by atoms with Crippen LogP contribution in [0, 0.1) is 13.8 Å². The Kier molecular flexibility index (Phi) is 6.44. The topological polar surface area (TPSA) is 115 Å². The van der Waals surface area contributed by atoms with Crippen molar-refractivity contribution in [3.63, 3.8) is 0 Å². The van der Waals surface area contributed by atoms with E-state index in [2.05, 4.69) is 5.32 Å². The maximum Gasteiger partial charge on any atom is 0.251 e. The van der Waals surface area contributed by atoms with Gasteiger partial charge in [-0.15, -0.1) is 12.4 Å². The third-order valence-corrected chi connectivity index (χ3v) is 3.66. The fraction of sp³-hybridized carbons (Fsp3) is 0.364. The molecule has 0 aliphatic carbocycles. The van der Waals surface area contributed by atoms with Gasteiger partial charge in [0.05, 0.1) is 4.90 Å². The Labute approximate surface area is 119 Å². The van der Waals surface area contributed by atoms with E-state index in [4.69, 9.17) is 10.9 Å². The van der Waals surface area contributed by atoms with Crippen LogP contribution in [-0.4, -0.2) is 27.4 Å². The molecule has 108 valence electrons. The van der Waals surface area contributed by atoms with Gasteiger partial charge in [-0.3, -0.25) is 4.79 Å². The molecule has 0 heterocycles. The highest BCUT2D eigenvalue weighted by Gasteiger charge is 2.17. The van der Waals surface area contributed by atoms with E-state index in [1.165, 1.54) is 6.07 Å². The molecule has 1 amide bonds.